The molecule has 1 unspecified atom stereocenters. The first-order chi connectivity index (χ1) is 12.7. The summed E-state index contributed by atoms with van der Waals surface area (Å²) in [6.07, 6.45) is 1.03. The second kappa shape index (κ2) is 8.63. The van der Waals surface area contributed by atoms with Crippen LogP contribution in [0.15, 0.2) is 78.9 Å². The molecule has 0 amide bonds. The zero-order chi connectivity index (χ0) is 18.4. The summed E-state index contributed by atoms with van der Waals surface area (Å²) in [5.74, 6) is 0. The topological polar surface area (TPSA) is 24.1 Å². The highest BCUT2D eigenvalue weighted by molar-refractivity contribution is 7.80. The van der Waals surface area contributed by atoms with E-state index in [9.17, 15) is 0 Å². The van der Waals surface area contributed by atoms with Crippen molar-refractivity contribution in [2.24, 2.45) is 0 Å². The summed E-state index contributed by atoms with van der Waals surface area (Å²) in [5, 5.41) is 7.39. The van der Waals surface area contributed by atoms with Crippen molar-refractivity contribution in [1.29, 1.82) is 0 Å². The lowest BCUT2D eigenvalue weighted by atomic mass is 9.97. The lowest BCUT2D eigenvalue weighted by Crippen LogP contribution is -2.33. The van der Waals surface area contributed by atoms with Crippen molar-refractivity contribution in [2.45, 2.75) is 26.3 Å². The molecule has 0 aliphatic carbocycles. The van der Waals surface area contributed by atoms with Gasteiger partial charge in [-0.25, -0.2) is 0 Å². The molecule has 0 saturated heterocycles. The van der Waals surface area contributed by atoms with Gasteiger partial charge in [-0.1, -0.05) is 79.2 Å². The van der Waals surface area contributed by atoms with Gasteiger partial charge in [0, 0.05) is 5.69 Å². The summed E-state index contributed by atoms with van der Waals surface area (Å²) in [4.78, 5) is 0. The number of aryl methyl sites for hydroxylation is 2. The fraction of sp³-hybridized carbons (Fsp3) is 0.174. The van der Waals surface area contributed by atoms with E-state index in [2.05, 4.69) is 97.3 Å². The van der Waals surface area contributed by atoms with Crippen LogP contribution in [-0.2, 0) is 6.42 Å². The van der Waals surface area contributed by atoms with Gasteiger partial charge in [-0.3, -0.25) is 0 Å². The molecule has 0 bridgehead atoms. The third-order valence-electron chi connectivity index (χ3n) is 4.40. The quantitative estimate of drug-likeness (QED) is 0.576. The molecular formula is C23H24N2S. The number of nitrogens with one attached hydrogen (secondary N) is 2. The molecule has 0 radical (unpaired) electrons. The fourth-order valence-electron chi connectivity index (χ4n) is 2.98. The average molecular weight is 361 g/mol. The van der Waals surface area contributed by atoms with Crippen LogP contribution in [0.5, 0.6) is 0 Å². The maximum absolute atomic E-state index is 5.58. The molecule has 0 heterocycles. The minimum Gasteiger partial charge on any atom is -0.352 e. The molecule has 26 heavy (non-hydrogen) atoms. The highest BCUT2D eigenvalue weighted by Crippen LogP contribution is 2.23. The number of thiocarbonyl (C=S) groups is 1. The van der Waals surface area contributed by atoms with Crippen molar-refractivity contribution >= 4 is 23.0 Å². The molecule has 0 spiro atoms. The molecule has 2 N–H and O–H groups in total. The molecule has 0 saturated carbocycles. The van der Waals surface area contributed by atoms with Gasteiger partial charge in [0.1, 0.15) is 0 Å². The SMILES string of the molecule is CCc1ccc(NC(=S)NC(c2ccccc2)c2cccc(C)c2)cc1. The summed E-state index contributed by atoms with van der Waals surface area (Å²) in [7, 11) is 0. The van der Waals surface area contributed by atoms with Crippen LogP contribution in [0.3, 0.4) is 0 Å². The van der Waals surface area contributed by atoms with Gasteiger partial charge in [0.2, 0.25) is 0 Å². The number of benzene rings is 3. The Bertz CT molecular complexity index is 857. The van der Waals surface area contributed by atoms with Crippen LogP contribution in [0.4, 0.5) is 5.69 Å². The second-order valence-corrected chi connectivity index (χ2v) is 6.82. The van der Waals surface area contributed by atoms with Crippen LogP contribution in [0.2, 0.25) is 0 Å². The molecule has 132 valence electrons. The zero-order valence-electron chi connectivity index (χ0n) is 15.2. The van der Waals surface area contributed by atoms with Crippen molar-refractivity contribution in [1.82, 2.24) is 5.32 Å². The van der Waals surface area contributed by atoms with Crippen LogP contribution in [-0.4, -0.2) is 5.11 Å². The lowest BCUT2D eigenvalue weighted by molar-refractivity contribution is 0.768. The van der Waals surface area contributed by atoms with E-state index in [1.165, 1.54) is 22.3 Å². The van der Waals surface area contributed by atoms with Crippen molar-refractivity contribution in [3.63, 3.8) is 0 Å². The molecule has 3 heteroatoms. The van der Waals surface area contributed by atoms with E-state index in [-0.39, 0.29) is 6.04 Å². The number of hydrogen-bond acceptors (Lipinski definition) is 1. The van der Waals surface area contributed by atoms with E-state index in [0.717, 1.165) is 12.1 Å². The Hall–Kier alpha value is -2.65. The van der Waals surface area contributed by atoms with Crippen molar-refractivity contribution in [3.05, 3.63) is 101 Å². The molecule has 1 atom stereocenters. The summed E-state index contributed by atoms with van der Waals surface area (Å²) in [5.41, 5.74) is 5.93. The Morgan fingerprint density at radius 1 is 0.885 bits per heavy atom. The summed E-state index contributed by atoms with van der Waals surface area (Å²) < 4.78 is 0. The maximum Gasteiger partial charge on any atom is 0.171 e. The minimum atomic E-state index is 0.00557. The van der Waals surface area contributed by atoms with E-state index < -0.39 is 0 Å². The molecule has 2 nitrogen and oxygen atoms in total. The van der Waals surface area contributed by atoms with E-state index >= 15 is 0 Å². The Kier molecular flexibility index (Phi) is 6.03. The highest BCUT2D eigenvalue weighted by atomic mass is 32.1. The Labute approximate surface area is 161 Å². The number of anilines is 1. The lowest BCUT2D eigenvalue weighted by Gasteiger charge is -2.22. The molecule has 0 aliphatic heterocycles. The average Bonchev–Trinajstić information content (AvgIpc) is 2.67. The molecule has 0 aliphatic rings. The Morgan fingerprint density at radius 3 is 2.23 bits per heavy atom. The normalized spacial score (nSPS) is 11.6. The van der Waals surface area contributed by atoms with Gasteiger partial charge in [-0.05, 0) is 54.4 Å². The van der Waals surface area contributed by atoms with Crippen LogP contribution in [0, 0.1) is 6.92 Å². The predicted molar refractivity (Wildman–Crippen MR) is 115 cm³/mol. The predicted octanol–water partition coefficient (Wildman–Crippen LogP) is 5.63. The first-order valence-corrected chi connectivity index (χ1v) is 9.34. The van der Waals surface area contributed by atoms with Gasteiger partial charge in [0.25, 0.3) is 0 Å². The zero-order valence-corrected chi connectivity index (χ0v) is 16.0. The fourth-order valence-corrected chi connectivity index (χ4v) is 3.21. The third kappa shape index (κ3) is 4.70. The molecule has 3 rings (SSSR count). The molecule has 3 aromatic carbocycles. The summed E-state index contributed by atoms with van der Waals surface area (Å²) in [6, 6.07) is 27.3. The first kappa shape index (κ1) is 18.2. The van der Waals surface area contributed by atoms with Gasteiger partial charge in [-0.2, -0.15) is 0 Å². The van der Waals surface area contributed by atoms with E-state index in [1.54, 1.807) is 0 Å². The smallest absolute Gasteiger partial charge is 0.171 e. The number of hydrogen-bond donors (Lipinski definition) is 2. The Morgan fingerprint density at radius 2 is 1.58 bits per heavy atom. The van der Waals surface area contributed by atoms with Gasteiger partial charge in [0.05, 0.1) is 6.04 Å². The van der Waals surface area contributed by atoms with Gasteiger partial charge in [-0.15, -0.1) is 0 Å². The van der Waals surface area contributed by atoms with Crippen LogP contribution >= 0.6 is 12.2 Å². The van der Waals surface area contributed by atoms with Crippen molar-refractivity contribution < 1.29 is 0 Å². The molecule has 3 aromatic rings. The Balaban J connectivity index is 1.79. The van der Waals surface area contributed by atoms with E-state index in [1.807, 2.05) is 6.07 Å². The minimum absolute atomic E-state index is 0.00557. The third-order valence-corrected chi connectivity index (χ3v) is 4.62. The monoisotopic (exact) mass is 360 g/mol. The number of rotatable bonds is 5. The first-order valence-electron chi connectivity index (χ1n) is 8.93. The second-order valence-electron chi connectivity index (χ2n) is 6.41. The summed E-state index contributed by atoms with van der Waals surface area (Å²) in [6.45, 7) is 4.26. The van der Waals surface area contributed by atoms with Crippen molar-refractivity contribution in [2.75, 3.05) is 5.32 Å². The van der Waals surface area contributed by atoms with Gasteiger partial charge in [0.15, 0.2) is 5.11 Å². The summed E-state index contributed by atoms with van der Waals surface area (Å²) >= 11 is 5.58. The van der Waals surface area contributed by atoms with Crippen LogP contribution in [0.25, 0.3) is 0 Å². The van der Waals surface area contributed by atoms with Gasteiger partial charge < -0.3 is 10.6 Å². The van der Waals surface area contributed by atoms with E-state index in [4.69, 9.17) is 12.2 Å². The van der Waals surface area contributed by atoms with Crippen LogP contribution < -0.4 is 10.6 Å². The van der Waals surface area contributed by atoms with E-state index in [0.29, 0.717) is 5.11 Å². The standard InChI is InChI=1S/C23H24N2S/c1-3-18-12-14-21(15-13-18)24-23(26)25-22(19-9-5-4-6-10-19)20-11-7-8-17(2)16-20/h4-16,22H,3H2,1-2H3,(H2,24,25,26). The van der Waals surface area contributed by atoms with Gasteiger partial charge >= 0.3 is 0 Å². The maximum atomic E-state index is 5.58. The molecule has 0 aromatic heterocycles. The van der Waals surface area contributed by atoms with Crippen LogP contribution in [0.1, 0.15) is 35.2 Å². The molecular weight excluding hydrogens is 336 g/mol. The molecule has 0 fully saturated rings. The largest absolute Gasteiger partial charge is 0.352 e. The van der Waals surface area contributed by atoms with Crippen molar-refractivity contribution in [3.8, 4) is 0 Å². The highest BCUT2D eigenvalue weighted by Gasteiger charge is 2.15.